The van der Waals surface area contributed by atoms with Crippen molar-refractivity contribution in [1.82, 2.24) is 4.90 Å². The number of hydrogen-bond donors (Lipinski definition) is 1. The molecule has 0 aromatic heterocycles. The third kappa shape index (κ3) is 9.03. The third-order valence-electron chi connectivity index (χ3n) is 5.50. The molecule has 204 valence electrons. The molecule has 1 N–H and O–H groups in total. The lowest BCUT2D eigenvalue weighted by molar-refractivity contribution is 0.0283. The second kappa shape index (κ2) is 12.8. The lowest BCUT2D eigenvalue weighted by atomic mass is 10.0. The zero-order valence-corrected chi connectivity index (χ0v) is 25.0. The number of carbonyl (C=O) groups is 2. The average molecular weight is 598 g/mol. The second-order valence-corrected chi connectivity index (χ2v) is 13.4. The van der Waals surface area contributed by atoms with E-state index >= 15 is 0 Å². The minimum atomic E-state index is -3.64. The van der Waals surface area contributed by atoms with Crippen LogP contribution in [0.5, 0.6) is 0 Å². The van der Waals surface area contributed by atoms with Crippen LogP contribution in [-0.2, 0) is 38.7 Å². The van der Waals surface area contributed by atoms with Gasteiger partial charge in [-0.3, -0.25) is 5.32 Å². The first-order valence-corrected chi connectivity index (χ1v) is 14.5. The maximum atomic E-state index is 13.0. The van der Waals surface area contributed by atoms with Crippen molar-refractivity contribution in [2.45, 2.75) is 76.7 Å². The van der Waals surface area contributed by atoms with Crippen LogP contribution in [0.2, 0.25) is 0 Å². The standard InChI is InChI=1S/C27H37BrN2O6S/c1-8-19-15-22(28)10-9-20(19)13-14-35-25(31)29-23-11-12-24(37(33,34)18(2)3)21(16-23)17-30(7)26(32)36-27(4,5)6/h9-12,15-16,18H,8,13-14,17H2,1-7H3,(H,29,31). The fourth-order valence-corrected chi connectivity index (χ4v) is 5.21. The van der Waals surface area contributed by atoms with Gasteiger partial charge in [-0.15, -0.1) is 0 Å². The maximum Gasteiger partial charge on any atom is 0.411 e. The summed E-state index contributed by atoms with van der Waals surface area (Å²) < 4.78 is 37.7. The van der Waals surface area contributed by atoms with E-state index in [1.54, 1.807) is 40.7 Å². The number of anilines is 1. The molecular weight excluding hydrogens is 560 g/mol. The SMILES string of the molecule is CCc1cc(Br)ccc1CCOC(=O)Nc1ccc(S(=O)(=O)C(C)C)c(CN(C)C(=O)OC(C)(C)C)c1. The Balaban J connectivity index is 2.17. The van der Waals surface area contributed by atoms with Gasteiger partial charge in [0, 0.05) is 23.6 Å². The summed E-state index contributed by atoms with van der Waals surface area (Å²) in [5.74, 6) is 0. The summed E-state index contributed by atoms with van der Waals surface area (Å²) >= 11 is 3.47. The number of rotatable bonds is 9. The molecule has 0 spiro atoms. The van der Waals surface area contributed by atoms with Gasteiger partial charge in [-0.1, -0.05) is 28.9 Å². The van der Waals surface area contributed by atoms with E-state index in [1.165, 1.54) is 29.6 Å². The van der Waals surface area contributed by atoms with Crippen LogP contribution in [-0.4, -0.2) is 50.0 Å². The molecule has 0 bridgehead atoms. The number of benzene rings is 2. The fraction of sp³-hybridized carbons (Fsp3) is 0.481. The summed E-state index contributed by atoms with van der Waals surface area (Å²) in [6.45, 7) is 10.7. The molecule has 0 aliphatic carbocycles. The van der Waals surface area contributed by atoms with Crippen molar-refractivity contribution in [2.75, 3.05) is 19.0 Å². The van der Waals surface area contributed by atoms with Gasteiger partial charge in [-0.2, -0.15) is 0 Å². The maximum absolute atomic E-state index is 13.0. The van der Waals surface area contributed by atoms with Crippen molar-refractivity contribution >= 4 is 43.6 Å². The molecule has 2 aromatic carbocycles. The van der Waals surface area contributed by atoms with E-state index in [4.69, 9.17) is 9.47 Å². The molecule has 2 rings (SSSR count). The second-order valence-electron chi connectivity index (χ2n) is 10.0. The molecule has 37 heavy (non-hydrogen) atoms. The smallest absolute Gasteiger partial charge is 0.411 e. The highest BCUT2D eigenvalue weighted by atomic mass is 79.9. The minimum absolute atomic E-state index is 0.0237. The van der Waals surface area contributed by atoms with Crippen molar-refractivity contribution in [1.29, 1.82) is 0 Å². The van der Waals surface area contributed by atoms with Gasteiger partial charge in [0.05, 0.1) is 23.3 Å². The average Bonchev–Trinajstić information content (AvgIpc) is 2.78. The highest BCUT2D eigenvalue weighted by Crippen LogP contribution is 2.26. The molecular formula is C27H37BrN2O6S. The number of aryl methyl sites for hydroxylation is 1. The Bertz CT molecular complexity index is 1220. The molecule has 8 nitrogen and oxygen atoms in total. The number of amides is 2. The summed E-state index contributed by atoms with van der Waals surface area (Å²) in [4.78, 5) is 26.3. The number of sulfone groups is 1. The van der Waals surface area contributed by atoms with Crippen LogP contribution in [0.1, 0.15) is 58.2 Å². The Morgan fingerprint density at radius 1 is 1.05 bits per heavy atom. The van der Waals surface area contributed by atoms with E-state index in [-0.39, 0.29) is 18.0 Å². The Morgan fingerprint density at radius 2 is 1.73 bits per heavy atom. The lowest BCUT2D eigenvalue weighted by Gasteiger charge is -2.25. The highest BCUT2D eigenvalue weighted by Gasteiger charge is 2.26. The van der Waals surface area contributed by atoms with Crippen LogP contribution < -0.4 is 5.32 Å². The molecule has 2 aromatic rings. The van der Waals surface area contributed by atoms with Gasteiger partial charge >= 0.3 is 12.2 Å². The highest BCUT2D eigenvalue weighted by molar-refractivity contribution is 9.10. The minimum Gasteiger partial charge on any atom is -0.449 e. The van der Waals surface area contributed by atoms with Crippen LogP contribution in [0.3, 0.4) is 0 Å². The van der Waals surface area contributed by atoms with Crippen LogP contribution in [0.15, 0.2) is 45.8 Å². The first-order chi connectivity index (χ1) is 17.1. The summed E-state index contributed by atoms with van der Waals surface area (Å²) in [5.41, 5.74) is 2.31. The van der Waals surface area contributed by atoms with Gasteiger partial charge in [-0.05, 0) is 88.1 Å². The lowest BCUT2D eigenvalue weighted by Crippen LogP contribution is -2.34. The summed E-state index contributed by atoms with van der Waals surface area (Å²) in [7, 11) is -2.11. The van der Waals surface area contributed by atoms with E-state index < -0.39 is 32.9 Å². The monoisotopic (exact) mass is 596 g/mol. The van der Waals surface area contributed by atoms with E-state index in [0.717, 1.165) is 16.5 Å². The molecule has 0 radical (unpaired) electrons. The number of ether oxygens (including phenoxy) is 2. The molecule has 0 aliphatic heterocycles. The van der Waals surface area contributed by atoms with Gasteiger partial charge in [0.15, 0.2) is 9.84 Å². The van der Waals surface area contributed by atoms with Gasteiger partial charge in [0.1, 0.15) is 5.60 Å². The predicted octanol–water partition coefficient (Wildman–Crippen LogP) is 6.35. The van der Waals surface area contributed by atoms with Crippen LogP contribution in [0.25, 0.3) is 0 Å². The van der Waals surface area contributed by atoms with E-state index in [1.807, 2.05) is 12.1 Å². The van der Waals surface area contributed by atoms with Crippen molar-refractivity contribution in [3.63, 3.8) is 0 Å². The molecule has 0 heterocycles. The van der Waals surface area contributed by atoms with Crippen LogP contribution in [0.4, 0.5) is 15.3 Å². The predicted molar refractivity (Wildman–Crippen MR) is 149 cm³/mol. The summed E-state index contributed by atoms with van der Waals surface area (Å²) in [6.07, 6.45) is 0.202. The van der Waals surface area contributed by atoms with Crippen LogP contribution >= 0.6 is 15.9 Å². The molecule has 0 saturated heterocycles. The quantitative estimate of drug-likeness (QED) is 0.362. The van der Waals surface area contributed by atoms with Gasteiger partial charge in [-0.25, -0.2) is 18.0 Å². The summed E-state index contributed by atoms with van der Waals surface area (Å²) in [5, 5.41) is 2.00. The van der Waals surface area contributed by atoms with Gasteiger partial charge in [0.25, 0.3) is 0 Å². The largest absolute Gasteiger partial charge is 0.449 e. The molecule has 0 unspecified atom stereocenters. The van der Waals surface area contributed by atoms with Crippen molar-refractivity contribution < 1.29 is 27.5 Å². The zero-order valence-electron chi connectivity index (χ0n) is 22.6. The number of nitrogens with zero attached hydrogens (tertiary/aromatic N) is 1. The number of nitrogens with one attached hydrogen (secondary N) is 1. The molecule has 10 heteroatoms. The van der Waals surface area contributed by atoms with E-state index in [2.05, 4.69) is 34.2 Å². The number of hydrogen-bond acceptors (Lipinski definition) is 6. The first kappa shape index (κ1) is 30.6. The van der Waals surface area contributed by atoms with E-state index in [9.17, 15) is 18.0 Å². The van der Waals surface area contributed by atoms with Crippen LogP contribution in [0, 0.1) is 0 Å². The number of carbonyl (C=O) groups excluding carboxylic acids is 2. The normalized spacial score (nSPS) is 11.8. The zero-order chi connectivity index (χ0) is 28.0. The van der Waals surface area contributed by atoms with Crippen molar-refractivity contribution in [2.24, 2.45) is 0 Å². The Labute approximate surface area is 228 Å². The van der Waals surface area contributed by atoms with E-state index in [0.29, 0.717) is 17.7 Å². The topological polar surface area (TPSA) is 102 Å². The van der Waals surface area contributed by atoms with Crippen molar-refractivity contribution in [3.8, 4) is 0 Å². The molecule has 0 saturated carbocycles. The Kier molecular flexibility index (Phi) is 10.6. The van der Waals surface area contributed by atoms with Crippen molar-refractivity contribution in [3.05, 3.63) is 57.6 Å². The Morgan fingerprint density at radius 3 is 2.32 bits per heavy atom. The molecule has 2 amide bonds. The molecule has 0 atom stereocenters. The first-order valence-electron chi connectivity index (χ1n) is 12.2. The number of halogens is 1. The molecule has 0 aliphatic rings. The van der Waals surface area contributed by atoms with Gasteiger partial charge < -0.3 is 14.4 Å². The van der Waals surface area contributed by atoms with Gasteiger partial charge in [0.2, 0.25) is 0 Å². The molecule has 0 fully saturated rings. The fourth-order valence-electron chi connectivity index (χ4n) is 3.55. The Hall–Kier alpha value is -2.59. The summed E-state index contributed by atoms with van der Waals surface area (Å²) in [6, 6.07) is 10.5. The third-order valence-corrected chi connectivity index (χ3v) is 8.25.